The lowest BCUT2D eigenvalue weighted by Crippen LogP contribution is -2.71. The average Bonchev–Trinajstić information content (AvgIpc) is 3.60. The number of rotatable bonds is 8. The molecule has 1 aromatic rings. The molecule has 4 heterocycles. The van der Waals surface area contributed by atoms with Crippen molar-refractivity contribution < 1.29 is 42.3 Å². The average molecular weight is 629 g/mol. The Morgan fingerprint density at radius 1 is 1.26 bits per heavy atom. The molecule has 1 aliphatic carbocycles. The first-order valence-electron chi connectivity index (χ1n) is 13.2. The van der Waals surface area contributed by atoms with E-state index in [9.17, 15) is 37.5 Å². The maximum absolute atomic E-state index is 13.3. The molecule has 3 amide bonds. The SMILES string of the molecule is Nc1nc(/C(=N/OC2CCCC2)C(=O)N[C@@H]2C(=O)N3C(C(=O)O)=C(/C=C4\CCCN(CC(F)(F)F)C4=O)CS[C@H]23)cs1. The Hall–Kier alpha value is -3.60. The molecular weight excluding hydrogens is 601 g/mol. The summed E-state index contributed by atoms with van der Waals surface area (Å²) in [5.74, 6) is -3.66. The van der Waals surface area contributed by atoms with Crippen molar-refractivity contribution in [1.82, 2.24) is 20.1 Å². The Labute approximate surface area is 245 Å². The number of nitrogens with two attached hydrogens (primary N) is 1. The molecule has 2 saturated heterocycles. The number of thiazole rings is 1. The minimum atomic E-state index is -4.57. The molecule has 226 valence electrons. The van der Waals surface area contributed by atoms with Gasteiger partial charge >= 0.3 is 12.1 Å². The maximum Gasteiger partial charge on any atom is 0.406 e. The summed E-state index contributed by atoms with van der Waals surface area (Å²) in [6.07, 6.45) is 0.567. The number of carbonyl (C=O) groups is 4. The number of carboxylic acids is 1. The highest BCUT2D eigenvalue weighted by atomic mass is 32.2. The van der Waals surface area contributed by atoms with Gasteiger partial charge in [-0.15, -0.1) is 23.1 Å². The van der Waals surface area contributed by atoms with Crippen molar-refractivity contribution in [1.29, 1.82) is 0 Å². The number of carboxylic acid groups (broad SMARTS) is 1. The predicted octanol–water partition coefficient (Wildman–Crippen LogP) is 2.24. The van der Waals surface area contributed by atoms with E-state index in [1.165, 1.54) is 11.5 Å². The highest BCUT2D eigenvalue weighted by Crippen LogP contribution is 2.41. The standard InChI is InChI=1S/C25H27F3N6O6S2/c26-25(27,28)11-33-7-3-4-12(20(33)36)8-13-9-41-22-17(21(37)34(22)18(13)23(38)39)31-19(35)16(15-10-42-24(29)30-15)32-40-14-5-1-2-6-14/h8,10,14,17,22H,1-7,9,11H2,(H2,29,30)(H,31,35)(H,38,39)/b12-8+,32-16-/t17-,22-/m1/s1. The first-order chi connectivity index (χ1) is 19.9. The number of oxime groups is 1. The van der Waals surface area contributed by atoms with Crippen molar-refractivity contribution in [2.75, 3.05) is 24.6 Å². The highest BCUT2D eigenvalue weighted by molar-refractivity contribution is 8.00. The molecule has 0 radical (unpaired) electrons. The number of carbonyl (C=O) groups excluding carboxylic acids is 3. The fourth-order valence-corrected chi connectivity index (χ4v) is 7.12. The van der Waals surface area contributed by atoms with Gasteiger partial charge in [-0.25, -0.2) is 9.78 Å². The van der Waals surface area contributed by atoms with Gasteiger partial charge in [-0.3, -0.25) is 19.3 Å². The summed E-state index contributed by atoms with van der Waals surface area (Å²) in [4.78, 5) is 62.7. The van der Waals surface area contributed by atoms with Crippen LogP contribution in [0.2, 0.25) is 0 Å². The molecule has 17 heteroatoms. The zero-order valence-corrected chi connectivity index (χ0v) is 23.7. The maximum atomic E-state index is 13.3. The number of hydrogen-bond donors (Lipinski definition) is 3. The minimum absolute atomic E-state index is 0.0433. The van der Waals surface area contributed by atoms with Crippen molar-refractivity contribution >= 4 is 57.6 Å². The van der Waals surface area contributed by atoms with Gasteiger partial charge in [0.1, 0.15) is 35.5 Å². The van der Waals surface area contributed by atoms with Crippen molar-refractivity contribution in [3.8, 4) is 0 Å². The first-order valence-corrected chi connectivity index (χ1v) is 15.1. The number of nitrogen functional groups attached to an aromatic ring is 1. The second-order valence-electron chi connectivity index (χ2n) is 10.2. The van der Waals surface area contributed by atoms with Crippen LogP contribution in [0.3, 0.4) is 0 Å². The molecule has 1 saturated carbocycles. The summed E-state index contributed by atoms with van der Waals surface area (Å²) < 4.78 is 38.7. The summed E-state index contributed by atoms with van der Waals surface area (Å²) in [5.41, 5.74) is 5.52. The Bertz CT molecular complexity index is 1390. The normalized spacial score (nSPS) is 24.6. The van der Waals surface area contributed by atoms with Crippen LogP contribution in [0.4, 0.5) is 18.3 Å². The number of piperidine rings is 1. The van der Waals surface area contributed by atoms with E-state index < -0.39 is 47.8 Å². The lowest BCUT2D eigenvalue weighted by Gasteiger charge is -2.49. The monoisotopic (exact) mass is 628 g/mol. The molecule has 2 atom stereocenters. The fourth-order valence-electron chi connectivity index (χ4n) is 5.27. The third kappa shape index (κ3) is 6.25. The van der Waals surface area contributed by atoms with Crippen molar-refractivity contribution in [2.45, 2.75) is 62.2 Å². The second-order valence-corrected chi connectivity index (χ2v) is 12.2. The van der Waals surface area contributed by atoms with Crippen LogP contribution in [0.1, 0.15) is 44.2 Å². The number of aliphatic carboxylic acids is 1. The van der Waals surface area contributed by atoms with Gasteiger partial charge < -0.3 is 25.9 Å². The molecule has 12 nitrogen and oxygen atoms in total. The Morgan fingerprint density at radius 3 is 2.64 bits per heavy atom. The zero-order chi connectivity index (χ0) is 30.2. The van der Waals surface area contributed by atoms with Gasteiger partial charge in [0.25, 0.3) is 11.8 Å². The molecule has 0 aromatic carbocycles. The van der Waals surface area contributed by atoms with Gasteiger partial charge in [-0.05, 0) is 50.2 Å². The molecule has 42 heavy (non-hydrogen) atoms. The number of amides is 3. The van der Waals surface area contributed by atoms with Crippen LogP contribution >= 0.6 is 23.1 Å². The largest absolute Gasteiger partial charge is 0.477 e. The van der Waals surface area contributed by atoms with E-state index in [4.69, 9.17) is 10.6 Å². The third-order valence-corrected chi connectivity index (χ3v) is 9.19. The number of nitrogens with one attached hydrogen (secondary N) is 1. The minimum Gasteiger partial charge on any atom is -0.477 e. The number of anilines is 1. The lowest BCUT2D eigenvalue weighted by molar-refractivity contribution is -0.160. The van der Waals surface area contributed by atoms with Gasteiger partial charge in [0.2, 0.25) is 5.91 Å². The van der Waals surface area contributed by atoms with Gasteiger partial charge in [0, 0.05) is 23.3 Å². The zero-order valence-electron chi connectivity index (χ0n) is 22.1. The van der Waals surface area contributed by atoms with Crippen LogP contribution in [-0.2, 0) is 24.0 Å². The van der Waals surface area contributed by atoms with E-state index in [1.807, 2.05) is 0 Å². The molecule has 0 unspecified atom stereocenters. The van der Waals surface area contributed by atoms with Crippen LogP contribution in [0, 0.1) is 0 Å². The van der Waals surface area contributed by atoms with Gasteiger partial charge in [-0.2, -0.15) is 13.2 Å². The number of allylic oxidation sites excluding steroid dienone is 1. The predicted molar refractivity (Wildman–Crippen MR) is 146 cm³/mol. The Morgan fingerprint density at radius 2 is 2.00 bits per heavy atom. The van der Waals surface area contributed by atoms with Gasteiger partial charge in [-0.1, -0.05) is 5.16 Å². The third-order valence-electron chi connectivity index (χ3n) is 7.22. The van der Waals surface area contributed by atoms with E-state index in [-0.39, 0.29) is 64.6 Å². The van der Waals surface area contributed by atoms with E-state index in [2.05, 4.69) is 15.5 Å². The molecule has 0 bridgehead atoms. The fraction of sp³-hybridized carbons (Fsp3) is 0.520. The number of likely N-dealkylation sites (tertiary alicyclic amines) is 1. The summed E-state index contributed by atoms with van der Waals surface area (Å²) >= 11 is 2.25. The number of β-lactam (4-membered cyclic amide) rings is 1. The van der Waals surface area contributed by atoms with E-state index in [0.717, 1.165) is 53.7 Å². The Balaban J connectivity index is 1.34. The second kappa shape index (κ2) is 11.9. The molecule has 3 aliphatic heterocycles. The number of hydrogen-bond acceptors (Lipinski definition) is 10. The summed E-state index contributed by atoms with van der Waals surface area (Å²) in [6.45, 7) is -1.46. The van der Waals surface area contributed by atoms with Crippen LogP contribution in [0.25, 0.3) is 0 Å². The highest BCUT2D eigenvalue weighted by Gasteiger charge is 2.54. The first kappa shape index (κ1) is 29.9. The number of alkyl halides is 3. The van der Waals surface area contributed by atoms with E-state index in [0.29, 0.717) is 4.90 Å². The molecule has 4 N–H and O–H groups in total. The number of thioether (sulfide) groups is 1. The molecule has 3 fully saturated rings. The van der Waals surface area contributed by atoms with Crippen LogP contribution < -0.4 is 11.1 Å². The summed E-state index contributed by atoms with van der Waals surface area (Å²) in [7, 11) is 0. The van der Waals surface area contributed by atoms with E-state index in [1.54, 1.807) is 0 Å². The van der Waals surface area contributed by atoms with Crippen LogP contribution in [0.15, 0.2) is 33.5 Å². The van der Waals surface area contributed by atoms with Gasteiger partial charge in [0.05, 0.1) is 0 Å². The number of fused-ring (bicyclic) bond motifs is 1. The van der Waals surface area contributed by atoms with Crippen molar-refractivity contribution in [3.05, 3.63) is 34.0 Å². The topological polar surface area (TPSA) is 168 Å². The van der Waals surface area contributed by atoms with Crippen LogP contribution in [0.5, 0.6) is 0 Å². The molecule has 0 spiro atoms. The summed E-state index contributed by atoms with van der Waals surface area (Å²) in [6, 6.07) is -1.09. The van der Waals surface area contributed by atoms with Crippen molar-refractivity contribution in [2.24, 2.45) is 5.16 Å². The number of aromatic nitrogens is 1. The van der Waals surface area contributed by atoms with Crippen molar-refractivity contribution in [3.63, 3.8) is 0 Å². The van der Waals surface area contributed by atoms with Crippen LogP contribution in [-0.4, -0.2) is 91.8 Å². The lowest BCUT2D eigenvalue weighted by atomic mass is 9.98. The molecule has 5 rings (SSSR count). The smallest absolute Gasteiger partial charge is 0.406 e. The molecule has 1 aromatic heterocycles. The quantitative estimate of drug-likeness (QED) is 0.169. The summed E-state index contributed by atoms with van der Waals surface area (Å²) in [5, 5.41) is 17.6. The Kier molecular flexibility index (Phi) is 8.50. The number of halogens is 3. The van der Waals surface area contributed by atoms with Gasteiger partial charge in [0.15, 0.2) is 10.8 Å². The van der Waals surface area contributed by atoms with E-state index >= 15 is 0 Å². The molecule has 4 aliphatic rings. The molecular formula is C25H27F3N6O6S2. The number of nitrogens with zero attached hydrogens (tertiary/aromatic N) is 4.